The van der Waals surface area contributed by atoms with E-state index in [9.17, 15) is 5.11 Å². The van der Waals surface area contributed by atoms with Crippen molar-refractivity contribution in [2.45, 2.75) is 6.10 Å². The Morgan fingerprint density at radius 1 is 1.30 bits per heavy atom. The summed E-state index contributed by atoms with van der Waals surface area (Å²) in [4.78, 5) is 11.0. The summed E-state index contributed by atoms with van der Waals surface area (Å²) in [5.41, 5.74) is 1.40. The van der Waals surface area contributed by atoms with Gasteiger partial charge in [-0.05, 0) is 12.1 Å². The van der Waals surface area contributed by atoms with Gasteiger partial charge in [0.25, 0.3) is 0 Å². The van der Waals surface area contributed by atoms with Crippen molar-refractivity contribution in [1.82, 2.24) is 9.97 Å². The van der Waals surface area contributed by atoms with Crippen molar-refractivity contribution in [3.63, 3.8) is 0 Å². The van der Waals surface area contributed by atoms with E-state index >= 15 is 0 Å². The summed E-state index contributed by atoms with van der Waals surface area (Å²) in [6.07, 6.45) is 1.52. The van der Waals surface area contributed by atoms with Gasteiger partial charge in [-0.25, -0.2) is 4.98 Å². The van der Waals surface area contributed by atoms with Crippen LogP contribution in [0.5, 0.6) is 0 Å². The van der Waals surface area contributed by atoms with Gasteiger partial charge in [-0.2, -0.15) is 0 Å². The summed E-state index contributed by atoms with van der Waals surface area (Å²) >= 11 is 12.0. The highest BCUT2D eigenvalue weighted by Crippen LogP contribution is 2.27. The smallest absolute Gasteiger partial charge is 0.148 e. The minimum absolute atomic E-state index is 0.00105. The zero-order valence-corrected chi connectivity index (χ0v) is 12.1. The number of hydrogen-bond acceptors (Lipinski definition) is 5. The second-order valence-corrected chi connectivity index (χ2v) is 5.42. The molecule has 1 atom stereocenters. The van der Waals surface area contributed by atoms with Crippen molar-refractivity contribution in [2.75, 3.05) is 31.2 Å². The molecule has 5 nitrogen and oxygen atoms in total. The Morgan fingerprint density at radius 3 is 2.80 bits per heavy atom. The molecule has 1 saturated heterocycles. The molecular weight excluding hydrogens is 301 g/mol. The van der Waals surface area contributed by atoms with Crippen LogP contribution in [0, 0.1) is 0 Å². The summed E-state index contributed by atoms with van der Waals surface area (Å²) in [7, 11) is 0. The van der Waals surface area contributed by atoms with Crippen LogP contribution >= 0.6 is 23.2 Å². The Labute approximate surface area is 126 Å². The Bertz CT molecular complexity index is 638. The van der Waals surface area contributed by atoms with Crippen molar-refractivity contribution < 1.29 is 9.84 Å². The summed E-state index contributed by atoms with van der Waals surface area (Å²) in [5.74, 6) is 0.748. The molecule has 0 saturated carbocycles. The van der Waals surface area contributed by atoms with E-state index in [4.69, 9.17) is 27.9 Å². The monoisotopic (exact) mass is 313 g/mol. The zero-order valence-electron chi connectivity index (χ0n) is 10.6. The normalized spacial score (nSPS) is 19.6. The van der Waals surface area contributed by atoms with E-state index in [1.807, 2.05) is 4.90 Å². The topological polar surface area (TPSA) is 58.5 Å². The lowest BCUT2D eigenvalue weighted by Crippen LogP contribution is -2.44. The molecule has 0 aliphatic carbocycles. The average Bonchev–Trinajstić information content (AvgIpc) is 2.48. The maximum atomic E-state index is 9.17. The summed E-state index contributed by atoms with van der Waals surface area (Å²) in [6, 6.07) is 3.41. The van der Waals surface area contributed by atoms with Gasteiger partial charge in [0.1, 0.15) is 5.82 Å². The first-order chi connectivity index (χ1) is 9.67. The molecule has 7 heteroatoms. The Kier molecular flexibility index (Phi) is 3.94. The van der Waals surface area contributed by atoms with Gasteiger partial charge >= 0.3 is 0 Å². The van der Waals surface area contributed by atoms with E-state index < -0.39 is 0 Å². The zero-order chi connectivity index (χ0) is 14.1. The molecule has 1 aromatic carbocycles. The van der Waals surface area contributed by atoms with Crippen LogP contribution in [0.2, 0.25) is 10.0 Å². The summed E-state index contributed by atoms with van der Waals surface area (Å²) in [6.45, 7) is 1.88. The van der Waals surface area contributed by atoms with Gasteiger partial charge in [0.15, 0.2) is 0 Å². The SMILES string of the molecule is OCC1CN(c2cnc3cc(Cl)c(Cl)cc3n2)CCO1. The number of aliphatic hydroxyl groups excluding tert-OH is 1. The Hall–Kier alpha value is -1.14. The standard InChI is InChI=1S/C13H13Cl2N3O2/c14-9-3-11-12(4-10(9)15)17-13(5-16-11)18-1-2-20-8(6-18)7-19/h3-5,8,19H,1-2,6-7H2. The van der Waals surface area contributed by atoms with Crippen molar-refractivity contribution in [3.05, 3.63) is 28.4 Å². The minimum atomic E-state index is -0.185. The van der Waals surface area contributed by atoms with E-state index in [0.29, 0.717) is 34.2 Å². The molecule has 2 heterocycles. The fourth-order valence-electron chi connectivity index (χ4n) is 2.19. The largest absolute Gasteiger partial charge is 0.394 e. The summed E-state index contributed by atoms with van der Waals surface area (Å²) < 4.78 is 5.42. The van der Waals surface area contributed by atoms with Gasteiger partial charge < -0.3 is 14.7 Å². The second-order valence-electron chi connectivity index (χ2n) is 4.60. The first-order valence-corrected chi connectivity index (χ1v) is 7.02. The number of nitrogens with zero attached hydrogens (tertiary/aromatic N) is 3. The molecule has 1 aliphatic rings. The lowest BCUT2D eigenvalue weighted by molar-refractivity contribution is 0.00336. The molecule has 0 radical (unpaired) electrons. The average molecular weight is 314 g/mol. The van der Waals surface area contributed by atoms with Crippen LogP contribution < -0.4 is 4.90 Å². The predicted molar refractivity (Wildman–Crippen MR) is 78.6 cm³/mol. The van der Waals surface area contributed by atoms with Crippen LogP contribution in [0.3, 0.4) is 0 Å². The van der Waals surface area contributed by atoms with Gasteiger partial charge in [-0.15, -0.1) is 0 Å². The first-order valence-electron chi connectivity index (χ1n) is 6.26. The maximum Gasteiger partial charge on any atom is 0.148 e. The third-order valence-corrected chi connectivity index (χ3v) is 3.96. The van der Waals surface area contributed by atoms with Crippen LogP contribution in [0.25, 0.3) is 11.0 Å². The number of rotatable bonds is 2. The predicted octanol–water partition coefficient (Wildman–Crippen LogP) is 2.13. The highest BCUT2D eigenvalue weighted by Gasteiger charge is 2.21. The molecule has 1 unspecified atom stereocenters. The van der Waals surface area contributed by atoms with Gasteiger partial charge in [0.2, 0.25) is 0 Å². The van der Waals surface area contributed by atoms with E-state index in [2.05, 4.69) is 9.97 Å². The van der Waals surface area contributed by atoms with Crippen molar-refractivity contribution >= 4 is 40.1 Å². The van der Waals surface area contributed by atoms with E-state index in [-0.39, 0.29) is 12.7 Å². The molecular formula is C13H13Cl2N3O2. The molecule has 0 amide bonds. The third-order valence-electron chi connectivity index (χ3n) is 3.24. The quantitative estimate of drug-likeness (QED) is 0.920. The maximum absolute atomic E-state index is 9.17. The van der Waals surface area contributed by atoms with Crippen molar-refractivity contribution in [2.24, 2.45) is 0 Å². The van der Waals surface area contributed by atoms with Crippen LogP contribution in [0.1, 0.15) is 0 Å². The second kappa shape index (κ2) is 5.69. The highest BCUT2D eigenvalue weighted by atomic mass is 35.5. The van der Waals surface area contributed by atoms with Gasteiger partial charge in [0, 0.05) is 13.1 Å². The first kappa shape index (κ1) is 13.8. The molecule has 2 aromatic rings. The van der Waals surface area contributed by atoms with Crippen LogP contribution in [-0.4, -0.2) is 47.5 Å². The number of aromatic nitrogens is 2. The van der Waals surface area contributed by atoms with Crippen LogP contribution in [0.4, 0.5) is 5.82 Å². The van der Waals surface area contributed by atoms with Gasteiger partial charge in [0.05, 0.1) is 46.6 Å². The van der Waals surface area contributed by atoms with Crippen LogP contribution in [0.15, 0.2) is 18.3 Å². The molecule has 106 valence electrons. The van der Waals surface area contributed by atoms with E-state index in [1.165, 1.54) is 0 Å². The number of fused-ring (bicyclic) bond motifs is 1. The Balaban J connectivity index is 1.94. The molecule has 0 bridgehead atoms. The molecule has 3 rings (SSSR count). The number of benzene rings is 1. The van der Waals surface area contributed by atoms with E-state index in [1.54, 1.807) is 18.3 Å². The number of hydrogen-bond donors (Lipinski definition) is 1. The molecule has 1 aliphatic heterocycles. The lowest BCUT2D eigenvalue weighted by Gasteiger charge is -2.32. The fourth-order valence-corrected chi connectivity index (χ4v) is 2.50. The molecule has 20 heavy (non-hydrogen) atoms. The number of halogens is 2. The molecule has 1 aromatic heterocycles. The van der Waals surface area contributed by atoms with Crippen LogP contribution in [-0.2, 0) is 4.74 Å². The van der Waals surface area contributed by atoms with Gasteiger partial charge in [-0.1, -0.05) is 23.2 Å². The summed E-state index contributed by atoms with van der Waals surface area (Å²) in [5, 5.41) is 10.1. The molecule has 1 fully saturated rings. The van der Waals surface area contributed by atoms with E-state index in [0.717, 1.165) is 12.4 Å². The lowest BCUT2D eigenvalue weighted by atomic mass is 10.2. The third kappa shape index (κ3) is 2.67. The van der Waals surface area contributed by atoms with Gasteiger partial charge in [-0.3, -0.25) is 4.98 Å². The minimum Gasteiger partial charge on any atom is -0.394 e. The van der Waals surface area contributed by atoms with Crippen molar-refractivity contribution in [3.8, 4) is 0 Å². The van der Waals surface area contributed by atoms with Crippen molar-refractivity contribution in [1.29, 1.82) is 0 Å². The number of aliphatic hydroxyl groups is 1. The molecule has 1 N–H and O–H groups in total. The Morgan fingerprint density at radius 2 is 2.05 bits per heavy atom. The number of ether oxygens (including phenoxy) is 1. The fraction of sp³-hybridized carbons (Fsp3) is 0.385. The molecule has 0 spiro atoms. The number of anilines is 1. The number of morpholine rings is 1. The highest BCUT2D eigenvalue weighted by molar-refractivity contribution is 6.42.